The molecule has 0 aliphatic carbocycles. The Balaban J connectivity index is 4.05. The highest BCUT2D eigenvalue weighted by Gasteiger charge is 2.23. The summed E-state index contributed by atoms with van der Waals surface area (Å²) in [6, 6.07) is -0.908. The molecule has 0 saturated heterocycles. The number of amides is 1. The SMILES string of the molecule is CCCCCCCCCCC/C=C/CC/C=C/CC/C=C/C(O)C(COP(=O)([O-])OCC[N+](C)(C)C)NC(=O)CCCCCCCCCCCCCCCCCCCCCCCCCCCCCCCCCCC. The van der Waals surface area contributed by atoms with E-state index < -0.39 is 26.6 Å². The number of carbonyl (C=O) groups excluding carboxylic acids is 1. The van der Waals surface area contributed by atoms with Gasteiger partial charge in [-0.15, -0.1) is 0 Å². The van der Waals surface area contributed by atoms with Crippen molar-refractivity contribution in [1.82, 2.24) is 5.32 Å². The third kappa shape index (κ3) is 58.4. The molecule has 0 aliphatic heterocycles. The van der Waals surface area contributed by atoms with E-state index in [4.69, 9.17) is 9.05 Å². The number of hydrogen-bond donors (Lipinski definition) is 2. The zero-order valence-electron chi connectivity index (χ0n) is 50.1. The molecular weight excluding hydrogens is 936 g/mol. The quantitative estimate of drug-likeness (QED) is 0.0272. The third-order valence-electron chi connectivity index (χ3n) is 14.8. The fourth-order valence-corrected chi connectivity index (χ4v) is 10.5. The zero-order valence-corrected chi connectivity index (χ0v) is 51.0. The highest BCUT2D eigenvalue weighted by Crippen LogP contribution is 2.38. The first-order valence-electron chi connectivity index (χ1n) is 32.4. The summed E-state index contributed by atoms with van der Waals surface area (Å²) in [6.07, 6.45) is 74.1. The molecule has 74 heavy (non-hydrogen) atoms. The first-order chi connectivity index (χ1) is 36.0. The van der Waals surface area contributed by atoms with Crippen LogP contribution >= 0.6 is 7.82 Å². The van der Waals surface area contributed by atoms with Crippen LogP contribution in [0.2, 0.25) is 0 Å². The summed E-state index contributed by atoms with van der Waals surface area (Å²) in [5, 5.41) is 13.9. The molecule has 9 heteroatoms. The fourth-order valence-electron chi connectivity index (χ4n) is 9.78. The number of nitrogens with zero attached hydrogens (tertiary/aromatic N) is 1. The molecule has 0 aromatic heterocycles. The number of phosphoric acid groups is 1. The van der Waals surface area contributed by atoms with E-state index in [1.807, 2.05) is 27.2 Å². The summed E-state index contributed by atoms with van der Waals surface area (Å²) < 4.78 is 23.4. The fraction of sp³-hybridized carbons (Fsp3) is 0.892. The second-order valence-corrected chi connectivity index (χ2v) is 24.9. The van der Waals surface area contributed by atoms with Crippen molar-refractivity contribution in [2.75, 3.05) is 40.9 Å². The summed E-state index contributed by atoms with van der Waals surface area (Å²) in [5.74, 6) is -0.205. The number of aliphatic hydroxyl groups excluding tert-OH is 1. The first-order valence-corrected chi connectivity index (χ1v) is 33.8. The number of rotatable bonds is 60. The van der Waals surface area contributed by atoms with Gasteiger partial charge in [0.1, 0.15) is 13.2 Å². The number of hydrogen-bond acceptors (Lipinski definition) is 6. The van der Waals surface area contributed by atoms with Crippen LogP contribution in [-0.2, 0) is 18.4 Å². The molecule has 2 N–H and O–H groups in total. The second kappa shape index (κ2) is 56.4. The van der Waals surface area contributed by atoms with Crippen LogP contribution in [0, 0.1) is 0 Å². The summed E-state index contributed by atoms with van der Waals surface area (Å²) >= 11 is 0. The van der Waals surface area contributed by atoms with Crippen molar-refractivity contribution in [3.63, 3.8) is 0 Å². The minimum Gasteiger partial charge on any atom is -0.756 e. The Hall–Kier alpha value is -1.28. The number of nitrogens with one attached hydrogen (secondary N) is 1. The molecule has 0 aliphatic rings. The van der Waals surface area contributed by atoms with Crippen LogP contribution in [0.3, 0.4) is 0 Å². The molecule has 0 aromatic rings. The molecular formula is C65H127N2O6P. The van der Waals surface area contributed by atoms with Crippen LogP contribution in [0.15, 0.2) is 36.5 Å². The lowest BCUT2D eigenvalue weighted by Crippen LogP contribution is -2.45. The molecule has 0 aromatic carbocycles. The molecule has 3 unspecified atom stereocenters. The van der Waals surface area contributed by atoms with Crippen molar-refractivity contribution in [2.45, 2.75) is 334 Å². The first kappa shape index (κ1) is 72.7. The molecule has 438 valence electrons. The van der Waals surface area contributed by atoms with E-state index in [0.29, 0.717) is 17.4 Å². The smallest absolute Gasteiger partial charge is 0.268 e. The molecule has 0 saturated carbocycles. The maximum absolute atomic E-state index is 13.0. The Labute approximate surface area is 461 Å². The van der Waals surface area contributed by atoms with Gasteiger partial charge in [-0.25, -0.2) is 0 Å². The normalized spacial score (nSPS) is 14.0. The van der Waals surface area contributed by atoms with Gasteiger partial charge in [0.15, 0.2) is 0 Å². The van der Waals surface area contributed by atoms with E-state index in [1.165, 1.54) is 257 Å². The minimum absolute atomic E-state index is 0.00729. The molecule has 0 radical (unpaired) electrons. The van der Waals surface area contributed by atoms with Gasteiger partial charge in [-0.1, -0.05) is 307 Å². The van der Waals surface area contributed by atoms with E-state index in [9.17, 15) is 19.4 Å². The van der Waals surface area contributed by atoms with Crippen molar-refractivity contribution in [3.05, 3.63) is 36.5 Å². The standard InChI is InChI=1S/C65H127N2O6P/c1-6-8-10-12-14-16-18-20-22-24-26-27-28-29-30-31-32-33-34-35-36-37-38-39-41-43-45-47-49-51-53-55-57-59-65(69)66-63(62-73-74(70,71)72-61-60-67(3,4)5)64(68)58-56-54-52-50-48-46-44-42-40-25-23-21-19-17-15-13-11-9-7-2/h40,42,48,50,56,58,63-64,68H,6-39,41,43-47,49,51-55,57,59-62H2,1-5H3,(H-,66,69,70,71)/b42-40+,50-48+,58-56+. The van der Waals surface area contributed by atoms with Crippen molar-refractivity contribution in [3.8, 4) is 0 Å². The number of allylic oxidation sites excluding steroid dienone is 5. The Morgan fingerprint density at radius 3 is 1.09 bits per heavy atom. The molecule has 0 fully saturated rings. The third-order valence-corrected chi connectivity index (χ3v) is 15.8. The Morgan fingerprint density at radius 1 is 0.459 bits per heavy atom. The maximum Gasteiger partial charge on any atom is 0.268 e. The summed E-state index contributed by atoms with van der Waals surface area (Å²) in [5.41, 5.74) is 0. The largest absolute Gasteiger partial charge is 0.756 e. The van der Waals surface area contributed by atoms with Crippen molar-refractivity contribution in [1.29, 1.82) is 0 Å². The molecule has 1 amide bonds. The van der Waals surface area contributed by atoms with E-state index in [2.05, 4.69) is 43.5 Å². The van der Waals surface area contributed by atoms with E-state index in [0.717, 1.165) is 44.9 Å². The Morgan fingerprint density at radius 2 is 0.757 bits per heavy atom. The topological polar surface area (TPSA) is 108 Å². The highest BCUT2D eigenvalue weighted by molar-refractivity contribution is 7.45. The molecule has 3 atom stereocenters. The van der Waals surface area contributed by atoms with Crippen molar-refractivity contribution < 1.29 is 32.9 Å². The Kier molecular flexibility index (Phi) is 55.5. The van der Waals surface area contributed by atoms with Gasteiger partial charge in [-0.05, 0) is 44.9 Å². The maximum atomic E-state index is 13.0. The second-order valence-electron chi connectivity index (χ2n) is 23.5. The van der Waals surface area contributed by atoms with Crippen LogP contribution in [-0.4, -0.2) is 68.5 Å². The molecule has 0 bridgehead atoms. The number of aliphatic hydroxyl groups is 1. The monoisotopic (exact) mass is 1060 g/mol. The number of likely N-dealkylation sites (N-methyl/N-ethyl adjacent to an activating group) is 1. The predicted octanol–water partition coefficient (Wildman–Crippen LogP) is 19.5. The van der Waals surface area contributed by atoms with Crippen LogP contribution in [0.25, 0.3) is 0 Å². The molecule has 0 rings (SSSR count). The van der Waals surface area contributed by atoms with E-state index in [1.54, 1.807) is 6.08 Å². The van der Waals surface area contributed by atoms with E-state index in [-0.39, 0.29) is 12.5 Å². The van der Waals surface area contributed by atoms with Crippen LogP contribution in [0.5, 0.6) is 0 Å². The van der Waals surface area contributed by atoms with Gasteiger partial charge < -0.3 is 28.8 Å². The van der Waals surface area contributed by atoms with Crippen molar-refractivity contribution in [2.24, 2.45) is 0 Å². The molecule has 0 spiro atoms. The van der Waals surface area contributed by atoms with Gasteiger partial charge in [-0.2, -0.15) is 0 Å². The minimum atomic E-state index is -4.61. The number of phosphoric ester groups is 1. The van der Waals surface area contributed by atoms with Gasteiger partial charge in [0, 0.05) is 6.42 Å². The number of unbranched alkanes of at least 4 members (excludes halogenated alkanes) is 43. The van der Waals surface area contributed by atoms with Gasteiger partial charge in [0.2, 0.25) is 5.91 Å². The van der Waals surface area contributed by atoms with Crippen LogP contribution in [0.1, 0.15) is 322 Å². The number of quaternary nitrogens is 1. The van der Waals surface area contributed by atoms with Gasteiger partial charge in [0.05, 0.1) is 39.9 Å². The average Bonchev–Trinajstić information content (AvgIpc) is 3.36. The summed E-state index contributed by atoms with van der Waals surface area (Å²) in [7, 11) is 1.25. The van der Waals surface area contributed by atoms with Gasteiger partial charge in [-0.3, -0.25) is 9.36 Å². The predicted molar refractivity (Wildman–Crippen MR) is 321 cm³/mol. The van der Waals surface area contributed by atoms with Gasteiger partial charge >= 0.3 is 0 Å². The van der Waals surface area contributed by atoms with Crippen molar-refractivity contribution >= 4 is 13.7 Å². The molecule has 0 heterocycles. The molecule has 8 nitrogen and oxygen atoms in total. The zero-order chi connectivity index (χ0) is 54.2. The van der Waals surface area contributed by atoms with Crippen LogP contribution in [0.4, 0.5) is 0 Å². The lowest BCUT2D eigenvalue weighted by atomic mass is 10.0. The Bertz CT molecular complexity index is 1300. The van der Waals surface area contributed by atoms with Crippen LogP contribution < -0.4 is 10.2 Å². The summed E-state index contributed by atoms with van der Waals surface area (Å²) in [4.78, 5) is 25.5. The lowest BCUT2D eigenvalue weighted by molar-refractivity contribution is -0.870. The highest BCUT2D eigenvalue weighted by atomic mass is 31.2. The van der Waals surface area contributed by atoms with E-state index >= 15 is 0 Å². The number of carbonyl (C=O) groups is 1. The average molecular weight is 1060 g/mol. The van der Waals surface area contributed by atoms with Gasteiger partial charge in [0.25, 0.3) is 7.82 Å². The lowest BCUT2D eigenvalue weighted by Gasteiger charge is -2.29. The summed E-state index contributed by atoms with van der Waals surface area (Å²) in [6.45, 7) is 4.66.